The predicted molar refractivity (Wildman–Crippen MR) is 61.5 cm³/mol. The van der Waals surface area contributed by atoms with E-state index in [2.05, 4.69) is 5.92 Å². The summed E-state index contributed by atoms with van der Waals surface area (Å²) in [5, 5.41) is 0. The van der Waals surface area contributed by atoms with Gasteiger partial charge < -0.3 is 10.6 Å². The fourth-order valence-corrected chi connectivity index (χ4v) is 1.44. The number of terminal acetylenes is 1. The van der Waals surface area contributed by atoms with Crippen molar-refractivity contribution in [1.82, 2.24) is 0 Å². The molecule has 0 aromatic heterocycles. The summed E-state index contributed by atoms with van der Waals surface area (Å²) in [5.74, 6) is 2.40. The molecule has 0 aliphatic carbocycles. The summed E-state index contributed by atoms with van der Waals surface area (Å²) in [6.07, 6.45) is 0.819. The van der Waals surface area contributed by atoms with E-state index in [-0.39, 0.29) is 6.54 Å². The quantitative estimate of drug-likeness (QED) is 0.819. The number of benzene rings is 1. The van der Waals surface area contributed by atoms with Crippen molar-refractivity contribution in [3.63, 3.8) is 0 Å². The normalized spacial score (nSPS) is 11.0. The Balaban J connectivity index is 3.00. The van der Waals surface area contributed by atoms with Crippen LogP contribution in [0.4, 0.5) is 18.9 Å². The van der Waals surface area contributed by atoms with Gasteiger partial charge in [-0.3, -0.25) is 0 Å². The minimum atomic E-state index is -4.35. The van der Waals surface area contributed by atoms with Crippen molar-refractivity contribution >= 4 is 5.69 Å². The monoisotopic (exact) mass is 242 g/mol. The van der Waals surface area contributed by atoms with E-state index in [1.54, 1.807) is 11.0 Å². The Bertz CT molecular complexity index is 407. The van der Waals surface area contributed by atoms with Crippen molar-refractivity contribution in [1.29, 1.82) is 0 Å². The van der Waals surface area contributed by atoms with Gasteiger partial charge in [-0.2, -0.15) is 13.2 Å². The van der Waals surface area contributed by atoms with Crippen LogP contribution >= 0.6 is 0 Å². The van der Waals surface area contributed by atoms with Crippen LogP contribution in [-0.2, 0) is 6.18 Å². The van der Waals surface area contributed by atoms with Crippen LogP contribution < -0.4 is 10.6 Å². The van der Waals surface area contributed by atoms with E-state index < -0.39 is 11.7 Å². The highest BCUT2D eigenvalue weighted by Gasteiger charge is 2.30. The molecule has 0 atom stereocenters. The highest BCUT2D eigenvalue weighted by molar-refractivity contribution is 5.50. The van der Waals surface area contributed by atoms with Crippen molar-refractivity contribution in [3.05, 3.63) is 29.8 Å². The standard InChI is InChI=1S/C12H13F3N2/c1-2-7-17(8-6-16)11-5-3-4-10(9-11)12(13,14)15/h1,3-5,9H,6-8,16H2. The van der Waals surface area contributed by atoms with Crippen LogP contribution in [0.5, 0.6) is 0 Å². The summed E-state index contributed by atoms with van der Waals surface area (Å²) in [5.41, 5.74) is 5.14. The van der Waals surface area contributed by atoms with Gasteiger partial charge in [0.25, 0.3) is 0 Å². The molecule has 1 rings (SSSR count). The number of halogens is 3. The maximum atomic E-state index is 12.5. The van der Waals surface area contributed by atoms with Gasteiger partial charge in [-0.1, -0.05) is 12.0 Å². The lowest BCUT2D eigenvalue weighted by Gasteiger charge is -2.22. The summed E-state index contributed by atoms with van der Waals surface area (Å²) < 4.78 is 37.6. The van der Waals surface area contributed by atoms with Gasteiger partial charge in [-0.05, 0) is 18.2 Å². The maximum Gasteiger partial charge on any atom is 0.416 e. The van der Waals surface area contributed by atoms with Gasteiger partial charge in [0.1, 0.15) is 0 Å². The lowest BCUT2D eigenvalue weighted by atomic mass is 10.2. The third kappa shape index (κ3) is 3.68. The van der Waals surface area contributed by atoms with Crippen LogP contribution in [-0.4, -0.2) is 19.6 Å². The number of alkyl halides is 3. The SMILES string of the molecule is C#CCN(CCN)c1cccc(C(F)(F)F)c1. The van der Waals surface area contributed by atoms with Crippen molar-refractivity contribution in [2.75, 3.05) is 24.5 Å². The first kappa shape index (κ1) is 13.4. The first-order chi connectivity index (χ1) is 7.99. The fraction of sp³-hybridized carbons (Fsp3) is 0.333. The fourth-order valence-electron chi connectivity index (χ4n) is 1.44. The van der Waals surface area contributed by atoms with Crippen LogP contribution in [0.1, 0.15) is 5.56 Å². The van der Waals surface area contributed by atoms with Gasteiger partial charge in [0.2, 0.25) is 0 Å². The molecule has 0 aliphatic heterocycles. The summed E-state index contributed by atoms with van der Waals surface area (Å²) in [4.78, 5) is 1.63. The van der Waals surface area contributed by atoms with Gasteiger partial charge >= 0.3 is 6.18 Å². The van der Waals surface area contributed by atoms with Gasteiger partial charge in [0.15, 0.2) is 0 Å². The maximum absolute atomic E-state index is 12.5. The molecule has 2 nitrogen and oxygen atoms in total. The Hall–Kier alpha value is -1.67. The van der Waals surface area contributed by atoms with Gasteiger partial charge in [-0.15, -0.1) is 6.42 Å². The third-order valence-corrected chi connectivity index (χ3v) is 2.22. The number of hydrogen-bond acceptors (Lipinski definition) is 2. The first-order valence-electron chi connectivity index (χ1n) is 5.04. The molecule has 17 heavy (non-hydrogen) atoms. The molecule has 5 heteroatoms. The van der Waals surface area contributed by atoms with Crippen LogP contribution in [0.2, 0.25) is 0 Å². The average molecular weight is 242 g/mol. The molecule has 0 saturated carbocycles. The van der Waals surface area contributed by atoms with Crippen molar-refractivity contribution in [3.8, 4) is 12.3 Å². The third-order valence-electron chi connectivity index (χ3n) is 2.22. The molecule has 0 amide bonds. The van der Waals surface area contributed by atoms with Crippen LogP contribution in [0, 0.1) is 12.3 Å². The number of hydrogen-bond donors (Lipinski definition) is 1. The molecule has 0 fully saturated rings. The van der Waals surface area contributed by atoms with Crippen molar-refractivity contribution in [2.45, 2.75) is 6.18 Å². The predicted octanol–water partition coefficient (Wildman–Crippen LogP) is 2.10. The zero-order valence-electron chi connectivity index (χ0n) is 9.17. The summed E-state index contributed by atoms with van der Waals surface area (Å²) >= 11 is 0. The minimum absolute atomic E-state index is 0.235. The molecule has 0 bridgehead atoms. The molecule has 0 heterocycles. The number of rotatable bonds is 4. The number of nitrogens with two attached hydrogens (primary N) is 1. The smallest absolute Gasteiger partial charge is 0.359 e. The van der Waals surface area contributed by atoms with E-state index in [1.807, 2.05) is 0 Å². The molecule has 0 radical (unpaired) electrons. The molecule has 0 spiro atoms. The van der Waals surface area contributed by atoms with Gasteiger partial charge in [0, 0.05) is 18.8 Å². The van der Waals surface area contributed by atoms with E-state index in [1.165, 1.54) is 6.07 Å². The number of anilines is 1. The zero-order valence-corrected chi connectivity index (χ0v) is 9.17. The van der Waals surface area contributed by atoms with Gasteiger partial charge in [0.05, 0.1) is 12.1 Å². The molecule has 92 valence electrons. The molecule has 0 aliphatic rings. The molecule has 0 unspecified atom stereocenters. The highest BCUT2D eigenvalue weighted by atomic mass is 19.4. The van der Waals surface area contributed by atoms with Gasteiger partial charge in [-0.25, -0.2) is 0 Å². The molecule has 0 saturated heterocycles. The Kier molecular flexibility index (Phi) is 4.41. The van der Waals surface area contributed by atoms with Crippen molar-refractivity contribution in [2.24, 2.45) is 5.73 Å². The lowest BCUT2D eigenvalue weighted by Crippen LogP contribution is -2.29. The van der Waals surface area contributed by atoms with Crippen molar-refractivity contribution < 1.29 is 13.2 Å². The second kappa shape index (κ2) is 5.60. The molecule has 2 N–H and O–H groups in total. The second-order valence-electron chi connectivity index (χ2n) is 3.46. The van der Waals surface area contributed by atoms with Crippen LogP contribution in [0.25, 0.3) is 0 Å². The Morgan fingerprint density at radius 1 is 1.35 bits per heavy atom. The van der Waals surface area contributed by atoms with Crippen LogP contribution in [0.15, 0.2) is 24.3 Å². The largest absolute Gasteiger partial charge is 0.416 e. The summed E-state index contributed by atoms with van der Waals surface area (Å²) in [6, 6.07) is 5.05. The second-order valence-corrected chi connectivity index (χ2v) is 3.46. The molecular formula is C12H13F3N2. The van der Waals surface area contributed by atoms with Crippen LogP contribution in [0.3, 0.4) is 0 Å². The average Bonchev–Trinajstić information content (AvgIpc) is 2.28. The number of nitrogens with zero attached hydrogens (tertiary/aromatic N) is 1. The zero-order chi connectivity index (χ0) is 12.9. The molecule has 1 aromatic carbocycles. The Labute approximate surface area is 98.2 Å². The van der Waals surface area contributed by atoms with E-state index in [4.69, 9.17) is 12.2 Å². The summed E-state index contributed by atoms with van der Waals surface area (Å²) in [6.45, 7) is 0.988. The minimum Gasteiger partial charge on any atom is -0.359 e. The molecular weight excluding hydrogens is 229 g/mol. The first-order valence-corrected chi connectivity index (χ1v) is 5.04. The van der Waals surface area contributed by atoms with E-state index in [0.29, 0.717) is 18.8 Å². The topological polar surface area (TPSA) is 29.3 Å². The Morgan fingerprint density at radius 2 is 2.06 bits per heavy atom. The van der Waals surface area contributed by atoms with E-state index in [9.17, 15) is 13.2 Å². The van der Waals surface area contributed by atoms with E-state index >= 15 is 0 Å². The summed E-state index contributed by atoms with van der Waals surface area (Å²) in [7, 11) is 0. The highest BCUT2D eigenvalue weighted by Crippen LogP contribution is 2.31. The van der Waals surface area contributed by atoms with E-state index in [0.717, 1.165) is 12.1 Å². The molecule has 1 aromatic rings. The lowest BCUT2D eigenvalue weighted by molar-refractivity contribution is -0.137. The Morgan fingerprint density at radius 3 is 2.59 bits per heavy atom.